The molecule has 1 N–H and O–H groups in total. The summed E-state index contributed by atoms with van der Waals surface area (Å²) in [7, 11) is 3.04. The molecule has 0 radical (unpaired) electrons. The van der Waals surface area contributed by atoms with Gasteiger partial charge < -0.3 is 18.9 Å². The molecule has 0 atom stereocenters. The van der Waals surface area contributed by atoms with Crippen molar-refractivity contribution in [2.24, 2.45) is 5.10 Å². The minimum absolute atomic E-state index is 0.356. The highest BCUT2D eigenvalue weighted by atomic mass is 35.5. The number of amides is 1. The Morgan fingerprint density at radius 3 is 2.38 bits per heavy atom. The van der Waals surface area contributed by atoms with E-state index in [9.17, 15) is 4.79 Å². The van der Waals surface area contributed by atoms with Gasteiger partial charge in [0.05, 0.1) is 32.1 Å². The molecule has 7 nitrogen and oxygen atoms in total. The number of rotatable bonds is 10. The third-order valence-electron chi connectivity index (χ3n) is 4.86. The van der Waals surface area contributed by atoms with Crippen molar-refractivity contribution in [3.8, 4) is 23.0 Å². The molecule has 0 saturated carbocycles. The van der Waals surface area contributed by atoms with Crippen molar-refractivity contribution >= 4 is 23.7 Å². The van der Waals surface area contributed by atoms with Crippen LogP contribution in [0.4, 0.5) is 0 Å². The van der Waals surface area contributed by atoms with Gasteiger partial charge in [-0.05, 0) is 55.3 Å². The highest BCUT2D eigenvalue weighted by Gasteiger charge is 2.13. The molecule has 3 rings (SSSR count). The molecule has 1 amide bonds. The summed E-state index contributed by atoms with van der Waals surface area (Å²) in [5, 5.41) is 4.42. The summed E-state index contributed by atoms with van der Waals surface area (Å²) in [6.45, 7) is 4.70. The maximum absolute atomic E-state index is 12.4. The first-order valence-corrected chi connectivity index (χ1v) is 11.0. The van der Waals surface area contributed by atoms with Crippen LogP contribution in [0.1, 0.15) is 34.0 Å². The number of nitrogens with zero attached hydrogens (tertiary/aromatic N) is 1. The molecule has 0 saturated heterocycles. The summed E-state index contributed by atoms with van der Waals surface area (Å²) in [4.78, 5) is 12.4. The van der Waals surface area contributed by atoms with E-state index < -0.39 is 5.91 Å². The summed E-state index contributed by atoms with van der Waals surface area (Å²) >= 11 is 6.48. The average Bonchev–Trinajstić information content (AvgIpc) is 2.84. The maximum Gasteiger partial charge on any atom is 0.271 e. The molecular formula is C26H27ClN2O5. The largest absolute Gasteiger partial charge is 0.493 e. The molecule has 8 heteroatoms. The van der Waals surface area contributed by atoms with Gasteiger partial charge in [0.15, 0.2) is 23.0 Å². The quantitative estimate of drug-likeness (QED) is 0.309. The summed E-state index contributed by atoms with van der Waals surface area (Å²) < 4.78 is 22.1. The third kappa shape index (κ3) is 6.42. The second kappa shape index (κ2) is 12.0. The Morgan fingerprint density at radius 2 is 1.71 bits per heavy atom. The molecule has 0 aliphatic rings. The summed E-state index contributed by atoms with van der Waals surface area (Å²) in [5.41, 5.74) is 5.71. The zero-order valence-corrected chi connectivity index (χ0v) is 20.3. The smallest absolute Gasteiger partial charge is 0.271 e. The van der Waals surface area contributed by atoms with Crippen molar-refractivity contribution in [3.63, 3.8) is 0 Å². The van der Waals surface area contributed by atoms with Crippen LogP contribution < -0.4 is 24.4 Å². The van der Waals surface area contributed by atoms with E-state index in [0.29, 0.717) is 52.4 Å². The molecule has 0 fully saturated rings. The fourth-order valence-corrected chi connectivity index (χ4v) is 3.39. The fourth-order valence-electron chi connectivity index (χ4n) is 3.11. The molecule has 0 bridgehead atoms. The Morgan fingerprint density at radius 1 is 0.971 bits per heavy atom. The van der Waals surface area contributed by atoms with Gasteiger partial charge in [-0.15, -0.1) is 0 Å². The van der Waals surface area contributed by atoms with E-state index >= 15 is 0 Å². The predicted molar refractivity (Wildman–Crippen MR) is 133 cm³/mol. The van der Waals surface area contributed by atoms with Gasteiger partial charge in [-0.2, -0.15) is 5.10 Å². The number of benzene rings is 3. The first-order valence-electron chi connectivity index (χ1n) is 10.6. The molecule has 0 aliphatic carbocycles. The van der Waals surface area contributed by atoms with Crippen LogP contribution >= 0.6 is 11.6 Å². The number of hydrogen-bond donors (Lipinski definition) is 1. The molecule has 0 heterocycles. The van der Waals surface area contributed by atoms with Gasteiger partial charge in [0.2, 0.25) is 0 Å². The number of halogens is 1. The molecule has 0 spiro atoms. The standard InChI is InChI=1S/C26H27ClN2O5/c1-5-33-24-13-19(12-21(27)25(24)34-16-18-8-6-17(2)7-9-18)15-28-29-26(30)20-10-11-22(31-3)23(14-20)32-4/h6-15H,5,16H2,1-4H3,(H,29,30)/b28-15+. The van der Waals surface area contributed by atoms with E-state index in [1.54, 1.807) is 30.3 Å². The predicted octanol–water partition coefficient (Wildman–Crippen LogP) is 5.41. The second-order valence-electron chi connectivity index (χ2n) is 7.31. The van der Waals surface area contributed by atoms with Crippen LogP contribution in [0, 0.1) is 6.92 Å². The molecule has 34 heavy (non-hydrogen) atoms. The Kier molecular flexibility index (Phi) is 8.76. The van der Waals surface area contributed by atoms with Gasteiger partial charge in [0.25, 0.3) is 5.91 Å². The fraction of sp³-hybridized carbons (Fsp3) is 0.231. The summed E-state index contributed by atoms with van der Waals surface area (Å²) in [5.74, 6) is 1.54. The zero-order valence-electron chi connectivity index (χ0n) is 19.6. The second-order valence-corrected chi connectivity index (χ2v) is 7.71. The first-order chi connectivity index (χ1) is 16.4. The number of nitrogens with one attached hydrogen (secondary N) is 1. The lowest BCUT2D eigenvalue weighted by Crippen LogP contribution is -2.17. The monoisotopic (exact) mass is 482 g/mol. The number of hydrazone groups is 1. The minimum Gasteiger partial charge on any atom is -0.493 e. The van der Waals surface area contributed by atoms with Gasteiger partial charge in [-0.3, -0.25) is 4.79 Å². The van der Waals surface area contributed by atoms with Crippen molar-refractivity contribution in [2.45, 2.75) is 20.5 Å². The molecule has 3 aromatic rings. The van der Waals surface area contributed by atoms with Crippen molar-refractivity contribution in [3.05, 3.63) is 81.9 Å². The van der Waals surface area contributed by atoms with Crippen LogP contribution in [-0.4, -0.2) is 32.9 Å². The molecule has 0 aliphatic heterocycles. The Bertz CT molecular complexity index is 1160. The number of hydrogen-bond acceptors (Lipinski definition) is 6. The summed E-state index contributed by atoms with van der Waals surface area (Å²) in [6.07, 6.45) is 1.48. The van der Waals surface area contributed by atoms with Crippen molar-refractivity contribution in [1.29, 1.82) is 0 Å². The Labute approximate surface area is 204 Å². The molecule has 0 aromatic heterocycles. The Hall–Kier alpha value is -3.71. The van der Waals surface area contributed by atoms with Crippen molar-refractivity contribution in [1.82, 2.24) is 5.43 Å². The Balaban J connectivity index is 1.71. The van der Waals surface area contributed by atoms with Crippen LogP contribution in [0.15, 0.2) is 59.7 Å². The third-order valence-corrected chi connectivity index (χ3v) is 5.14. The van der Waals surface area contributed by atoms with Gasteiger partial charge in [-0.1, -0.05) is 41.4 Å². The van der Waals surface area contributed by atoms with E-state index in [2.05, 4.69) is 10.5 Å². The minimum atomic E-state index is -0.397. The lowest BCUT2D eigenvalue weighted by Gasteiger charge is -2.14. The topological polar surface area (TPSA) is 78.4 Å². The van der Waals surface area contributed by atoms with Crippen LogP contribution in [0.3, 0.4) is 0 Å². The van der Waals surface area contributed by atoms with E-state index in [0.717, 1.165) is 5.56 Å². The van der Waals surface area contributed by atoms with E-state index in [1.807, 2.05) is 38.1 Å². The van der Waals surface area contributed by atoms with Crippen LogP contribution in [0.2, 0.25) is 5.02 Å². The number of carbonyl (C=O) groups excluding carboxylic acids is 1. The van der Waals surface area contributed by atoms with E-state index in [1.165, 1.54) is 26.0 Å². The lowest BCUT2D eigenvalue weighted by atomic mass is 10.1. The van der Waals surface area contributed by atoms with Gasteiger partial charge in [0, 0.05) is 5.56 Å². The van der Waals surface area contributed by atoms with Gasteiger partial charge in [0.1, 0.15) is 6.61 Å². The molecule has 178 valence electrons. The average molecular weight is 483 g/mol. The molecular weight excluding hydrogens is 456 g/mol. The normalized spacial score (nSPS) is 10.7. The van der Waals surface area contributed by atoms with Crippen molar-refractivity contribution < 1.29 is 23.7 Å². The van der Waals surface area contributed by atoms with E-state index in [4.69, 9.17) is 30.5 Å². The highest BCUT2D eigenvalue weighted by molar-refractivity contribution is 6.32. The van der Waals surface area contributed by atoms with Crippen LogP contribution in [0.25, 0.3) is 0 Å². The molecule has 3 aromatic carbocycles. The van der Waals surface area contributed by atoms with Crippen LogP contribution in [0.5, 0.6) is 23.0 Å². The van der Waals surface area contributed by atoms with Crippen molar-refractivity contribution in [2.75, 3.05) is 20.8 Å². The van der Waals surface area contributed by atoms with Crippen LogP contribution in [-0.2, 0) is 6.61 Å². The number of carbonyl (C=O) groups is 1. The zero-order chi connectivity index (χ0) is 24.5. The number of aryl methyl sites for hydroxylation is 1. The maximum atomic E-state index is 12.4. The SMILES string of the molecule is CCOc1cc(/C=N/NC(=O)c2ccc(OC)c(OC)c2)cc(Cl)c1OCc1ccc(C)cc1. The van der Waals surface area contributed by atoms with E-state index in [-0.39, 0.29) is 0 Å². The lowest BCUT2D eigenvalue weighted by molar-refractivity contribution is 0.0954. The number of methoxy groups -OCH3 is 2. The summed E-state index contributed by atoms with van der Waals surface area (Å²) in [6, 6.07) is 16.4. The van der Waals surface area contributed by atoms with Gasteiger partial charge >= 0.3 is 0 Å². The molecule has 0 unspecified atom stereocenters. The van der Waals surface area contributed by atoms with Gasteiger partial charge in [-0.25, -0.2) is 5.43 Å². The first kappa shape index (κ1) is 24.9. The number of ether oxygens (including phenoxy) is 4. The highest BCUT2D eigenvalue weighted by Crippen LogP contribution is 2.37.